The van der Waals surface area contributed by atoms with E-state index in [1.807, 2.05) is 63.8 Å². The van der Waals surface area contributed by atoms with Gasteiger partial charge in [0.1, 0.15) is 0 Å². The lowest BCUT2D eigenvalue weighted by molar-refractivity contribution is -0.139. The van der Waals surface area contributed by atoms with Gasteiger partial charge < -0.3 is 20.3 Å². The highest BCUT2D eigenvalue weighted by Gasteiger charge is 2.38. The monoisotopic (exact) mass is 485 g/mol. The van der Waals surface area contributed by atoms with Gasteiger partial charge >= 0.3 is 18.0 Å². The molecule has 0 bridgehead atoms. The second kappa shape index (κ2) is 11.1. The van der Waals surface area contributed by atoms with E-state index >= 15 is 0 Å². The number of piperazine rings is 1. The zero-order valence-electron chi connectivity index (χ0n) is 21.8. The van der Waals surface area contributed by atoms with Gasteiger partial charge in [0.25, 0.3) is 0 Å². The highest BCUT2D eigenvalue weighted by molar-refractivity contribution is 5.95. The molecule has 2 aliphatic rings. The predicted molar refractivity (Wildman–Crippen MR) is 135 cm³/mol. The fourth-order valence-corrected chi connectivity index (χ4v) is 4.48. The molecule has 0 unspecified atom stereocenters. The number of carbonyl (C=O) groups is 3. The minimum absolute atomic E-state index is 0.0738. The molecule has 1 aromatic rings. The maximum atomic E-state index is 13.2. The lowest BCUT2D eigenvalue weighted by atomic mass is 9.93. The summed E-state index contributed by atoms with van der Waals surface area (Å²) in [6.07, 6.45) is 0. The Morgan fingerprint density at radius 1 is 1.14 bits per heavy atom. The van der Waals surface area contributed by atoms with Crippen LogP contribution < -0.4 is 10.6 Å². The van der Waals surface area contributed by atoms with Crippen LogP contribution in [0.2, 0.25) is 0 Å². The topological polar surface area (TPSA) is 94.2 Å². The van der Waals surface area contributed by atoms with Crippen molar-refractivity contribution in [2.45, 2.75) is 53.1 Å². The molecule has 9 nitrogen and oxygen atoms in total. The number of nitrogens with zero attached hydrogens (tertiary/aromatic N) is 3. The standard InChI is InChI=1S/C26H39N5O4/c1-7-31-20(17-29-12-14-30(15-13-29)25(34)28-26(4,5)6)21(23(32)35-8-2)22(27-24(31)33)19-11-9-10-18(3)16-19/h9-11,16,22H,7-8,12-15,17H2,1-6H3,(H,27,33)(H,28,34)/t22-/m0/s1. The number of esters is 1. The van der Waals surface area contributed by atoms with Crippen molar-refractivity contribution in [3.05, 3.63) is 46.7 Å². The third-order valence-electron chi connectivity index (χ3n) is 6.14. The van der Waals surface area contributed by atoms with Crippen LogP contribution in [-0.2, 0) is 9.53 Å². The Balaban J connectivity index is 1.89. The summed E-state index contributed by atoms with van der Waals surface area (Å²) in [6.45, 7) is 15.1. The minimum atomic E-state index is -0.585. The smallest absolute Gasteiger partial charge is 0.338 e. The van der Waals surface area contributed by atoms with E-state index in [4.69, 9.17) is 4.74 Å². The zero-order valence-corrected chi connectivity index (χ0v) is 21.8. The molecule has 0 spiro atoms. The van der Waals surface area contributed by atoms with Crippen LogP contribution in [0, 0.1) is 6.92 Å². The number of rotatable bonds is 6. The molecule has 35 heavy (non-hydrogen) atoms. The first kappa shape index (κ1) is 26.5. The van der Waals surface area contributed by atoms with Crippen LogP contribution in [0.25, 0.3) is 0 Å². The van der Waals surface area contributed by atoms with Crippen molar-refractivity contribution in [3.63, 3.8) is 0 Å². The highest BCUT2D eigenvalue weighted by Crippen LogP contribution is 2.32. The Hall–Kier alpha value is -3.07. The average molecular weight is 486 g/mol. The zero-order chi connectivity index (χ0) is 25.8. The fraction of sp³-hybridized carbons (Fsp3) is 0.577. The van der Waals surface area contributed by atoms with Gasteiger partial charge in [-0.3, -0.25) is 9.80 Å². The summed E-state index contributed by atoms with van der Waals surface area (Å²) < 4.78 is 5.45. The number of nitrogens with one attached hydrogen (secondary N) is 2. The summed E-state index contributed by atoms with van der Waals surface area (Å²) in [5.74, 6) is -0.421. The van der Waals surface area contributed by atoms with Crippen LogP contribution in [0.5, 0.6) is 0 Å². The van der Waals surface area contributed by atoms with E-state index in [2.05, 4.69) is 15.5 Å². The second-order valence-corrected chi connectivity index (χ2v) is 10.1. The molecule has 1 atom stereocenters. The van der Waals surface area contributed by atoms with Crippen molar-refractivity contribution in [1.29, 1.82) is 0 Å². The van der Waals surface area contributed by atoms with Crippen LogP contribution in [0.3, 0.4) is 0 Å². The first-order valence-electron chi connectivity index (χ1n) is 12.4. The lowest BCUT2D eigenvalue weighted by Crippen LogP contribution is -2.56. The molecule has 192 valence electrons. The molecular weight excluding hydrogens is 446 g/mol. The molecule has 3 rings (SSSR count). The third-order valence-corrected chi connectivity index (χ3v) is 6.14. The molecule has 4 amide bonds. The quantitative estimate of drug-likeness (QED) is 0.604. The van der Waals surface area contributed by atoms with Crippen LogP contribution in [0.15, 0.2) is 35.5 Å². The summed E-state index contributed by atoms with van der Waals surface area (Å²) in [5, 5.41) is 6.02. The molecule has 0 saturated carbocycles. The van der Waals surface area contributed by atoms with Crippen LogP contribution in [-0.4, -0.2) is 84.1 Å². The van der Waals surface area contributed by atoms with Gasteiger partial charge in [-0.1, -0.05) is 29.8 Å². The van der Waals surface area contributed by atoms with Gasteiger partial charge in [0.15, 0.2) is 0 Å². The molecular formula is C26H39N5O4. The van der Waals surface area contributed by atoms with Crippen molar-refractivity contribution in [1.82, 2.24) is 25.3 Å². The Bertz CT molecular complexity index is 976. The van der Waals surface area contributed by atoms with Crippen molar-refractivity contribution in [2.75, 3.05) is 45.9 Å². The molecule has 2 aliphatic heterocycles. The first-order chi connectivity index (χ1) is 16.5. The van der Waals surface area contributed by atoms with E-state index in [-0.39, 0.29) is 24.2 Å². The Kier molecular flexibility index (Phi) is 8.43. The molecule has 2 heterocycles. The van der Waals surface area contributed by atoms with Crippen LogP contribution in [0.1, 0.15) is 51.8 Å². The predicted octanol–water partition coefficient (Wildman–Crippen LogP) is 3.02. The third kappa shape index (κ3) is 6.54. The van der Waals surface area contributed by atoms with Crippen LogP contribution >= 0.6 is 0 Å². The van der Waals surface area contributed by atoms with Crippen molar-refractivity contribution in [2.24, 2.45) is 0 Å². The summed E-state index contributed by atoms with van der Waals surface area (Å²) >= 11 is 0. The molecule has 0 radical (unpaired) electrons. The van der Waals surface area contributed by atoms with E-state index in [1.54, 1.807) is 11.8 Å². The molecule has 2 N–H and O–H groups in total. The Morgan fingerprint density at radius 2 is 1.83 bits per heavy atom. The maximum absolute atomic E-state index is 13.2. The van der Waals surface area contributed by atoms with E-state index in [0.29, 0.717) is 50.5 Å². The van der Waals surface area contributed by atoms with Gasteiger partial charge in [0.05, 0.1) is 18.2 Å². The minimum Gasteiger partial charge on any atom is -0.463 e. The number of hydrogen-bond acceptors (Lipinski definition) is 5. The van der Waals surface area contributed by atoms with Gasteiger partial charge in [-0.25, -0.2) is 14.4 Å². The molecule has 0 aromatic heterocycles. The van der Waals surface area contributed by atoms with E-state index in [0.717, 1.165) is 11.1 Å². The number of urea groups is 2. The normalized spacial score (nSPS) is 19.5. The summed E-state index contributed by atoms with van der Waals surface area (Å²) in [6, 6.07) is 6.92. The Morgan fingerprint density at radius 3 is 2.40 bits per heavy atom. The molecule has 1 saturated heterocycles. The number of amides is 4. The highest BCUT2D eigenvalue weighted by atomic mass is 16.5. The molecule has 0 aliphatic carbocycles. The molecule has 1 aromatic carbocycles. The SMILES string of the molecule is CCOC(=O)C1=C(CN2CCN(C(=O)NC(C)(C)C)CC2)N(CC)C(=O)N[C@H]1c1cccc(C)c1. The number of aryl methyl sites for hydroxylation is 1. The second-order valence-electron chi connectivity index (χ2n) is 10.1. The first-order valence-corrected chi connectivity index (χ1v) is 12.4. The maximum Gasteiger partial charge on any atom is 0.338 e. The van der Waals surface area contributed by atoms with Crippen LogP contribution in [0.4, 0.5) is 9.59 Å². The summed E-state index contributed by atoms with van der Waals surface area (Å²) in [7, 11) is 0. The lowest BCUT2D eigenvalue weighted by Gasteiger charge is -2.40. The number of ether oxygens (including phenoxy) is 1. The van der Waals surface area contributed by atoms with Gasteiger partial charge in [0.2, 0.25) is 0 Å². The van der Waals surface area contributed by atoms with E-state index in [9.17, 15) is 14.4 Å². The van der Waals surface area contributed by atoms with Gasteiger partial charge in [-0.05, 0) is 47.1 Å². The average Bonchev–Trinajstić information content (AvgIpc) is 2.78. The number of hydrogen-bond donors (Lipinski definition) is 2. The van der Waals surface area contributed by atoms with Crippen molar-refractivity contribution in [3.8, 4) is 0 Å². The fourth-order valence-electron chi connectivity index (χ4n) is 4.48. The van der Waals surface area contributed by atoms with Crippen molar-refractivity contribution >= 4 is 18.0 Å². The van der Waals surface area contributed by atoms with Crippen molar-refractivity contribution < 1.29 is 19.1 Å². The molecule has 9 heteroatoms. The van der Waals surface area contributed by atoms with Gasteiger partial charge in [-0.2, -0.15) is 0 Å². The van der Waals surface area contributed by atoms with Gasteiger partial charge in [0, 0.05) is 50.5 Å². The summed E-state index contributed by atoms with van der Waals surface area (Å²) in [4.78, 5) is 44.5. The largest absolute Gasteiger partial charge is 0.463 e. The number of carbonyl (C=O) groups excluding carboxylic acids is 3. The molecule has 1 fully saturated rings. The summed E-state index contributed by atoms with van der Waals surface area (Å²) in [5.41, 5.74) is 2.72. The Labute approximate surface area is 208 Å². The number of likely N-dealkylation sites (N-methyl/N-ethyl adjacent to an activating group) is 1. The number of benzene rings is 1. The van der Waals surface area contributed by atoms with E-state index in [1.165, 1.54) is 0 Å². The van der Waals surface area contributed by atoms with Gasteiger partial charge in [-0.15, -0.1) is 0 Å². The van der Waals surface area contributed by atoms with E-state index < -0.39 is 12.0 Å².